The van der Waals surface area contributed by atoms with E-state index in [0.29, 0.717) is 6.04 Å². The Bertz CT molecular complexity index is 597. The van der Waals surface area contributed by atoms with Crippen molar-refractivity contribution in [1.82, 2.24) is 25.3 Å². The molecule has 8 heteroatoms. The van der Waals surface area contributed by atoms with E-state index >= 15 is 0 Å². The summed E-state index contributed by atoms with van der Waals surface area (Å²) in [4.78, 5) is 15.5. The topological polar surface area (TPSA) is 62.2 Å². The van der Waals surface area contributed by atoms with Gasteiger partial charge in [-0.25, -0.2) is 0 Å². The Morgan fingerprint density at radius 2 is 1.85 bits per heavy atom. The number of aryl methyl sites for hydroxylation is 1. The number of nitrogens with one attached hydrogen (secondary N) is 2. The van der Waals surface area contributed by atoms with Gasteiger partial charge in [0.2, 0.25) is 5.91 Å². The van der Waals surface area contributed by atoms with Crippen molar-refractivity contribution >= 4 is 30.7 Å². The van der Waals surface area contributed by atoms with E-state index in [1.54, 1.807) is 0 Å². The number of piperidine rings is 1. The molecule has 1 aliphatic carbocycles. The summed E-state index contributed by atoms with van der Waals surface area (Å²) in [6.07, 6.45) is 11.7. The maximum atomic E-state index is 12.8. The summed E-state index contributed by atoms with van der Waals surface area (Å²) < 4.78 is 1.82. The first kappa shape index (κ1) is 22.5. The predicted octanol–water partition coefficient (Wildman–Crippen LogP) is 2.09. The van der Waals surface area contributed by atoms with Crippen molar-refractivity contribution in [1.29, 1.82) is 0 Å². The third-order valence-electron chi connectivity index (χ3n) is 6.42. The van der Waals surface area contributed by atoms with Gasteiger partial charge < -0.3 is 15.5 Å². The number of amides is 1. The highest BCUT2D eigenvalue weighted by atomic mass is 35.5. The number of hydrogen-bond donors (Lipinski definition) is 2. The molecule has 0 spiro atoms. The molecule has 3 fully saturated rings. The van der Waals surface area contributed by atoms with Crippen LogP contribution in [-0.2, 0) is 11.8 Å². The lowest BCUT2D eigenvalue weighted by molar-refractivity contribution is -0.125. The molecular formula is C19H33Cl2N5O. The number of hydrogen-bond acceptors (Lipinski definition) is 4. The molecule has 4 rings (SSSR count). The number of rotatable bonds is 4. The van der Waals surface area contributed by atoms with Crippen LogP contribution in [0.25, 0.3) is 0 Å². The molecule has 3 heterocycles. The first-order valence-electron chi connectivity index (χ1n) is 9.94. The lowest BCUT2D eigenvalue weighted by atomic mass is 9.89. The van der Waals surface area contributed by atoms with Crippen LogP contribution in [0.1, 0.15) is 50.0 Å². The third kappa shape index (κ3) is 5.17. The minimum atomic E-state index is 0. The summed E-state index contributed by atoms with van der Waals surface area (Å²) in [7, 11) is 1.93. The Balaban J connectivity index is 0.00000131. The largest absolute Gasteiger partial charge is 0.353 e. The number of aromatic nitrogens is 2. The predicted molar refractivity (Wildman–Crippen MR) is 112 cm³/mol. The van der Waals surface area contributed by atoms with Gasteiger partial charge in [0.1, 0.15) is 0 Å². The highest BCUT2D eigenvalue weighted by Gasteiger charge is 2.36. The van der Waals surface area contributed by atoms with Gasteiger partial charge in [0.05, 0.1) is 12.1 Å². The van der Waals surface area contributed by atoms with Crippen LogP contribution in [0.15, 0.2) is 12.4 Å². The van der Waals surface area contributed by atoms with Gasteiger partial charge in [0, 0.05) is 57.4 Å². The van der Waals surface area contributed by atoms with Crippen LogP contribution in [0.2, 0.25) is 0 Å². The fraction of sp³-hybridized carbons (Fsp3) is 0.789. The van der Waals surface area contributed by atoms with Crippen LogP contribution in [0.5, 0.6) is 0 Å². The first-order valence-corrected chi connectivity index (χ1v) is 9.94. The SMILES string of the molecule is Cl.Cl.Cn1cc([C@H]2CNC[C@@H]2C(=O)NC2CCN(C3CCCC3)CC2)cn1. The van der Waals surface area contributed by atoms with Gasteiger partial charge in [-0.3, -0.25) is 9.48 Å². The minimum Gasteiger partial charge on any atom is -0.353 e. The molecule has 3 aliphatic rings. The Kier molecular flexibility index (Phi) is 8.40. The maximum Gasteiger partial charge on any atom is 0.225 e. The first-order chi connectivity index (χ1) is 12.2. The monoisotopic (exact) mass is 417 g/mol. The number of nitrogens with zero attached hydrogens (tertiary/aromatic N) is 3. The van der Waals surface area contributed by atoms with Gasteiger partial charge in [-0.15, -0.1) is 24.8 Å². The molecule has 0 bridgehead atoms. The van der Waals surface area contributed by atoms with E-state index in [0.717, 1.165) is 45.1 Å². The molecule has 0 radical (unpaired) electrons. The van der Waals surface area contributed by atoms with Crippen molar-refractivity contribution < 1.29 is 4.79 Å². The number of carbonyl (C=O) groups is 1. The molecule has 2 N–H and O–H groups in total. The number of halogens is 2. The highest BCUT2D eigenvalue weighted by Crippen LogP contribution is 2.29. The average molecular weight is 418 g/mol. The quantitative estimate of drug-likeness (QED) is 0.786. The van der Waals surface area contributed by atoms with Crippen LogP contribution in [0, 0.1) is 5.92 Å². The summed E-state index contributed by atoms with van der Waals surface area (Å²) in [6, 6.07) is 1.16. The molecule has 1 saturated carbocycles. The van der Waals surface area contributed by atoms with Gasteiger partial charge in [-0.05, 0) is 31.2 Å². The van der Waals surface area contributed by atoms with E-state index in [2.05, 4.69) is 20.6 Å². The molecule has 0 unspecified atom stereocenters. The van der Waals surface area contributed by atoms with E-state index in [9.17, 15) is 4.79 Å². The average Bonchev–Trinajstić information content (AvgIpc) is 3.36. The van der Waals surface area contributed by atoms with Gasteiger partial charge >= 0.3 is 0 Å². The van der Waals surface area contributed by atoms with Gasteiger partial charge in [0.25, 0.3) is 0 Å². The summed E-state index contributed by atoms with van der Waals surface area (Å²) in [5.74, 6) is 0.488. The number of likely N-dealkylation sites (tertiary alicyclic amines) is 1. The molecule has 2 aliphatic heterocycles. The molecular weight excluding hydrogens is 385 g/mol. The summed E-state index contributed by atoms with van der Waals surface area (Å²) in [6.45, 7) is 3.92. The van der Waals surface area contributed by atoms with Crippen molar-refractivity contribution in [2.24, 2.45) is 13.0 Å². The molecule has 27 heavy (non-hydrogen) atoms. The Morgan fingerprint density at radius 1 is 1.15 bits per heavy atom. The molecule has 154 valence electrons. The fourth-order valence-electron chi connectivity index (χ4n) is 4.92. The van der Waals surface area contributed by atoms with E-state index in [4.69, 9.17) is 0 Å². The normalized spacial score (nSPS) is 27.1. The molecule has 0 aromatic carbocycles. The molecule has 6 nitrogen and oxygen atoms in total. The van der Waals surface area contributed by atoms with Gasteiger partial charge in [-0.2, -0.15) is 5.10 Å². The lowest BCUT2D eigenvalue weighted by Gasteiger charge is -2.36. The van der Waals surface area contributed by atoms with Crippen LogP contribution in [0.3, 0.4) is 0 Å². The highest BCUT2D eigenvalue weighted by molar-refractivity contribution is 5.85. The lowest BCUT2D eigenvalue weighted by Crippen LogP contribution is -2.49. The van der Waals surface area contributed by atoms with E-state index in [-0.39, 0.29) is 42.6 Å². The Hall–Kier alpha value is -0.820. The van der Waals surface area contributed by atoms with Crippen molar-refractivity contribution in [2.45, 2.75) is 56.5 Å². The van der Waals surface area contributed by atoms with Crippen LogP contribution in [0.4, 0.5) is 0 Å². The zero-order valence-electron chi connectivity index (χ0n) is 16.1. The standard InChI is InChI=1S/C19H31N5O.2ClH/c1-23-13-14(10-21-23)17-11-20-12-18(17)19(25)22-15-6-8-24(9-7-15)16-4-2-3-5-16;;/h10,13,15-18,20H,2-9,11-12H2,1H3,(H,22,25);2*1H/t17-,18+;;/m1../s1. The zero-order valence-corrected chi connectivity index (χ0v) is 17.7. The van der Waals surface area contributed by atoms with Crippen LogP contribution < -0.4 is 10.6 Å². The van der Waals surface area contributed by atoms with Crippen LogP contribution in [-0.4, -0.2) is 58.9 Å². The van der Waals surface area contributed by atoms with Crippen molar-refractivity contribution in [2.75, 3.05) is 26.2 Å². The Labute approximate surface area is 174 Å². The van der Waals surface area contributed by atoms with E-state index < -0.39 is 0 Å². The van der Waals surface area contributed by atoms with Crippen LogP contribution >= 0.6 is 24.8 Å². The number of carbonyl (C=O) groups excluding carboxylic acids is 1. The maximum absolute atomic E-state index is 12.8. The third-order valence-corrected chi connectivity index (χ3v) is 6.42. The second-order valence-corrected chi connectivity index (χ2v) is 8.08. The smallest absolute Gasteiger partial charge is 0.225 e. The molecule has 2 saturated heterocycles. The molecule has 1 aromatic heterocycles. The second kappa shape index (κ2) is 10.1. The molecule has 2 atom stereocenters. The second-order valence-electron chi connectivity index (χ2n) is 8.08. The summed E-state index contributed by atoms with van der Waals surface area (Å²) in [5, 5.41) is 11.0. The zero-order chi connectivity index (χ0) is 17.2. The van der Waals surface area contributed by atoms with Gasteiger partial charge in [-0.1, -0.05) is 12.8 Å². The fourth-order valence-corrected chi connectivity index (χ4v) is 4.92. The van der Waals surface area contributed by atoms with Crippen molar-refractivity contribution in [3.05, 3.63) is 18.0 Å². The summed E-state index contributed by atoms with van der Waals surface area (Å²) in [5.41, 5.74) is 1.17. The van der Waals surface area contributed by atoms with E-state index in [1.165, 1.54) is 31.2 Å². The van der Waals surface area contributed by atoms with Crippen molar-refractivity contribution in [3.8, 4) is 0 Å². The van der Waals surface area contributed by atoms with E-state index in [1.807, 2.05) is 24.1 Å². The molecule has 1 aromatic rings. The minimum absolute atomic E-state index is 0. The van der Waals surface area contributed by atoms with Crippen molar-refractivity contribution in [3.63, 3.8) is 0 Å². The Morgan fingerprint density at radius 3 is 2.48 bits per heavy atom. The summed E-state index contributed by atoms with van der Waals surface area (Å²) >= 11 is 0. The molecule has 1 amide bonds. The van der Waals surface area contributed by atoms with Gasteiger partial charge in [0.15, 0.2) is 0 Å².